The first-order chi connectivity index (χ1) is 9.22. The van der Waals surface area contributed by atoms with Crippen LogP contribution in [0.3, 0.4) is 0 Å². The molecule has 1 nitrogen and oxygen atoms in total. The van der Waals surface area contributed by atoms with Crippen molar-refractivity contribution in [2.45, 2.75) is 26.3 Å². The Bertz CT molecular complexity index is 518. The lowest BCUT2D eigenvalue weighted by Gasteiger charge is -2.15. The van der Waals surface area contributed by atoms with Gasteiger partial charge in [-0.1, -0.05) is 62.7 Å². The van der Waals surface area contributed by atoms with E-state index >= 15 is 0 Å². The zero-order valence-electron chi connectivity index (χ0n) is 11.8. The Kier molecular flexibility index (Phi) is 5.29. The van der Waals surface area contributed by atoms with E-state index in [1.54, 1.807) is 0 Å². The van der Waals surface area contributed by atoms with Crippen LogP contribution in [0.25, 0.3) is 10.8 Å². The highest BCUT2D eigenvalue weighted by molar-refractivity contribution is 7.99. The third-order valence-electron chi connectivity index (χ3n) is 3.62. The first-order valence-electron chi connectivity index (χ1n) is 7.03. The lowest BCUT2D eigenvalue weighted by atomic mass is 10.0. The number of fused-ring (bicyclic) bond motifs is 1. The standard InChI is InChI=1S/C17H23NS/c1-3-13(2)11-19-12-17(18)16-10-6-8-14-7-4-5-9-15(14)16/h4-10,13,17H,3,11-12,18H2,1-2H3. The maximum Gasteiger partial charge on any atom is 0.0392 e. The van der Waals surface area contributed by atoms with Crippen LogP contribution in [0.2, 0.25) is 0 Å². The quantitative estimate of drug-likeness (QED) is 0.831. The van der Waals surface area contributed by atoms with E-state index in [4.69, 9.17) is 5.73 Å². The summed E-state index contributed by atoms with van der Waals surface area (Å²) in [6.07, 6.45) is 1.25. The molecule has 0 aliphatic carbocycles. The fourth-order valence-electron chi connectivity index (χ4n) is 2.18. The minimum absolute atomic E-state index is 0.125. The molecule has 19 heavy (non-hydrogen) atoms. The van der Waals surface area contributed by atoms with E-state index < -0.39 is 0 Å². The van der Waals surface area contributed by atoms with Gasteiger partial charge in [0.2, 0.25) is 0 Å². The van der Waals surface area contributed by atoms with E-state index in [0.29, 0.717) is 0 Å². The van der Waals surface area contributed by atoms with Crippen molar-refractivity contribution in [2.24, 2.45) is 11.7 Å². The third kappa shape index (κ3) is 3.74. The molecule has 102 valence electrons. The van der Waals surface area contributed by atoms with E-state index in [9.17, 15) is 0 Å². The van der Waals surface area contributed by atoms with Gasteiger partial charge in [-0.15, -0.1) is 0 Å². The predicted octanol–water partition coefficient (Wildman–Crippen LogP) is 4.62. The van der Waals surface area contributed by atoms with Crippen LogP contribution in [-0.2, 0) is 0 Å². The summed E-state index contributed by atoms with van der Waals surface area (Å²) >= 11 is 1.97. The summed E-state index contributed by atoms with van der Waals surface area (Å²) in [6, 6.07) is 15.0. The maximum absolute atomic E-state index is 6.37. The van der Waals surface area contributed by atoms with E-state index in [0.717, 1.165) is 11.7 Å². The molecule has 0 aromatic heterocycles. The normalized spacial score (nSPS) is 14.5. The van der Waals surface area contributed by atoms with Crippen molar-refractivity contribution in [1.29, 1.82) is 0 Å². The molecular weight excluding hydrogens is 250 g/mol. The lowest BCUT2D eigenvalue weighted by molar-refractivity contribution is 0.636. The molecule has 0 bridgehead atoms. The summed E-state index contributed by atoms with van der Waals surface area (Å²) in [5.74, 6) is 2.98. The first kappa shape index (κ1) is 14.4. The lowest BCUT2D eigenvalue weighted by Crippen LogP contribution is -2.14. The van der Waals surface area contributed by atoms with Crippen LogP contribution in [0.1, 0.15) is 31.9 Å². The van der Waals surface area contributed by atoms with Crippen LogP contribution in [-0.4, -0.2) is 11.5 Å². The van der Waals surface area contributed by atoms with Crippen molar-refractivity contribution in [2.75, 3.05) is 11.5 Å². The van der Waals surface area contributed by atoms with Gasteiger partial charge >= 0.3 is 0 Å². The smallest absolute Gasteiger partial charge is 0.0392 e. The molecule has 2 atom stereocenters. The number of thioether (sulfide) groups is 1. The summed E-state index contributed by atoms with van der Waals surface area (Å²) in [5, 5.41) is 2.57. The van der Waals surface area contributed by atoms with Gasteiger partial charge in [-0.2, -0.15) is 11.8 Å². The third-order valence-corrected chi connectivity index (χ3v) is 5.02. The van der Waals surface area contributed by atoms with Gasteiger partial charge in [-0.3, -0.25) is 0 Å². The highest BCUT2D eigenvalue weighted by Crippen LogP contribution is 2.25. The van der Waals surface area contributed by atoms with Gasteiger partial charge < -0.3 is 5.73 Å². The molecule has 0 saturated carbocycles. The van der Waals surface area contributed by atoms with Crippen molar-refractivity contribution in [3.63, 3.8) is 0 Å². The zero-order chi connectivity index (χ0) is 13.7. The fourth-order valence-corrected chi connectivity index (χ4v) is 3.39. The predicted molar refractivity (Wildman–Crippen MR) is 87.7 cm³/mol. The van der Waals surface area contributed by atoms with Crippen molar-refractivity contribution in [1.82, 2.24) is 0 Å². The highest BCUT2D eigenvalue weighted by atomic mass is 32.2. The topological polar surface area (TPSA) is 26.0 Å². The summed E-state index contributed by atoms with van der Waals surface area (Å²) in [6.45, 7) is 4.55. The second-order valence-electron chi connectivity index (χ2n) is 5.23. The summed E-state index contributed by atoms with van der Waals surface area (Å²) in [4.78, 5) is 0. The molecule has 0 aliphatic rings. The Balaban J connectivity index is 2.07. The van der Waals surface area contributed by atoms with Crippen LogP contribution in [0.4, 0.5) is 0 Å². The van der Waals surface area contributed by atoms with Gasteiger partial charge in [0.1, 0.15) is 0 Å². The first-order valence-corrected chi connectivity index (χ1v) is 8.18. The summed E-state index contributed by atoms with van der Waals surface area (Å²) < 4.78 is 0. The fraction of sp³-hybridized carbons (Fsp3) is 0.412. The van der Waals surface area contributed by atoms with Crippen LogP contribution in [0.15, 0.2) is 42.5 Å². The van der Waals surface area contributed by atoms with Gasteiger partial charge in [0, 0.05) is 11.8 Å². The van der Waals surface area contributed by atoms with E-state index in [-0.39, 0.29) is 6.04 Å². The van der Waals surface area contributed by atoms with Crippen LogP contribution < -0.4 is 5.73 Å². The second-order valence-corrected chi connectivity index (χ2v) is 6.30. The van der Waals surface area contributed by atoms with Crippen molar-refractivity contribution >= 4 is 22.5 Å². The van der Waals surface area contributed by atoms with Gasteiger partial charge in [0.25, 0.3) is 0 Å². The molecule has 0 aliphatic heterocycles. The largest absolute Gasteiger partial charge is 0.323 e. The number of hydrogen-bond donors (Lipinski definition) is 1. The molecule has 0 heterocycles. The van der Waals surface area contributed by atoms with Crippen LogP contribution in [0, 0.1) is 5.92 Å². The Hall–Kier alpha value is -0.990. The van der Waals surface area contributed by atoms with Crippen molar-refractivity contribution in [3.8, 4) is 0 Å². The average molecular weight is 273 g/mol. The van der Waals surface area contributed by atoms with Crippen LogP contribution >= 0.6 is 11.8 Å². The zero-order valence-corrected chi connectivity index (χ0v) is 12.6. The van der Waals surface area contributed by atoms with E-state index in [1.807, 2.05) is 11.8 Å². The number of nitrogens with two attached hydrogens (primary N) is 1. The van der Waals surface area contributed by atoms with Gasteiger partial charge in [-0.05, 0) is 28.0 Å². The van der Waals surface area contributed by atoms with Crippen molar-refractivity contribution < 1.29 is 0 Å². The molecule has 2 aromatic rings. The minimum atomic E-state index is 0.125. The van der Waals surface area contributed by atoms with Gasteiger partial charge in [-0.25, -0.2) is 0 Å². The molecule has 0 fully saturated rings. The molecule has 2 rings (SSSR count). The highest BCUT2D eigenvalue weighted by Gasteiger charge is 2.10. The maximum atomic E-state index is 6.37. The number of rotatable bonds is 6. The van der Waals surface area contributed by atoms with Crippen LogP contribution in [0.5, 0.6) is 0 Å². The molecule has 2 heteroatoms. The average Bonchev–Trinajstić information content (AvgIpc) is 2.46. The van der Waals surface area contributed by atoms with E-state index in [2.05, 4.69) is 56.3 Å². The number of hydrogen-bond acceptors (Lipinski definition) is 2. The second kappa shape index (κ2) is 6.97. The van der Waals surface area contributed by atoms with Crippen molar-refractivity contribution in [3.05, 3.63) is 48.0 Å². The molecular formula is C17H23NS. The molecule has 0 radical (unpaired) electrons. The molecule has 2 unspecified atom stereocenters. The monoisotopic (exact) mass is 273 g/mol. The van der Waals surface area contributed by atoms with Gasteiger partial charge in [0.05, 0.1) is 0 Å². The Labute approximate surface area is 120 Å². The summed E-state index contributed by atoms with van der Waals surface area (Å²) in [7, 11) is 0. The van der Waals surface area contributed by atoms with E-state index in [1.165, 1.54) is 28.5 Å². The Morgan fingerprint density at radius 1 is 1.05 bits per heavy atom. The summed E-state index contributed by atoms with van der Waals surface area (Å²) in [5.41, 5.74) is 7.64. The molecule has 2 N–H and O–H groups in total. The number of benzene rings is 2. The Morgan fingerprint density at radius 3 is 2.58 bits per heavy atom. The van der Waals surface area contributed by atoms with Gasteiger partial charge in [0.15, 0.2) is 0 Å². The molecule has 2 aromatic carbocycles. The Morgan fingerprint density at radius 2 is 1.79 bits per heavy atom. The minimum Gasteiger partial charge on any atom is -0.323 e. The SMILES string of the molecule is CCC(C)CSCC(N)c1cccc2ccccc12. The molecule has 0 spiro atoms. The molecule has 0 amide bonds. The molecule has 0 saturated heterocycles.